The van der Waals surface area contributed by atoms with Crippen LogP contribution >= 0.6 is 0 Å². The Bertz CT molecular complexity index is 2560. The van der Waals surface area contributed by atoms with E-state index in [4.69, 9.17) is 34.4 Å². The fourth-order valence-electron chi connectivity index (χ4n) is 8.94. The van der Waals surface area contributed by atoms with Crippen molar-refractivity contribution >= 4 is 76.0 Å². The predicted octanol–water partition coefficient (Wildman–Crippen LogP) is -3.91. The van der Waals surface area contributed by atoms with E-state index in [1.54, 1.807) is 36.5 Å². The van der Waals surface area contributed by atoms with Crippen molar-refractivity contribution in [3.05, 3.63) is 71.9 Å². The van der Waals surface area contributed by atoms with Gasteiger partial charge >= 0.3 is 0 Å². The van der Waals surface area contributed by atoms with Gasteiger partial charge in [0.1, 0.15) is 42.3 Å². The number of carbonyl (C=O) groups excluding carboxylic acids is 9. The first kappa shape index (κ1) is 57.6. The summed E-state index contributed by atoms with van der Waals surface area (Å²) in [5, 5.41) is 19.6. The SMILES string of the molecule is CC(=O)N[C@H](CCCN=C(N)N)C(=O)N[C@@H]1CC(=O)NCCCC[C@H](C(N)=O)NC(=O)[C@@H](Cc2c[nH]c3ccccc23)NC(=O)[C@@H](CCCN=C(N)N)NC(=O)[C@H](Cc2ccccc2)NC(=O)[C@H]2C[C@H](N)CN2C1=O. The van der Waals surface area contributed by atoms with Gasteiger partial charge in [-0.25, -0.2) is 0 Å². The lowest BCUT2D eigenvalue weighted by molar-refractivity contribution is -0.143. The third kappa shape index (κ3) is 18.0. The van der Waals surface area contributed by atoms with E-state index in [0.717, 1.165) is 15.8 Å². The Balaban J connectivity index is 1.53. The first-order chi connectivity index (χ1) is 35.8. The number of aliphatic imine (C=N–C) groups is 2. The lowest BCUT2D eigenvalue weighted by Crippen LogP contribution is -2.60. The molecule has 2 saturated heterocycles. The van der Waals surface area contributed by atoms with Crippen LogP contribution in [0, 0.1) is 0 Å². The van der Waals surface area contributed by atoms with Crippen LogP contribution in [0.3, 0.4) is 0 Å². The number of carbonyl (C=O) groups is 9. The average molecular weight is 1040 g/mol. The van der Waals surface area contributed by atoms with Crippen molar-refractivity contribution in [1.29, 1.82) is 0 Å². The maximum atomic E-state index is 14.7. The van der Waals surface area contributed by atoms with Gasteiger partial charge in [0.05, 0.1) is 6.42 Å². The number of amides is 9. The average Bonchev–Trinajstić information content (AvgIpc) is 3.96. The fourth-order valence-corrected chi connectivity index (χ4v) is 8.94. The van der Waals surface area contributed by atoms with Crippen LogP contribution in [0.4, 0.5) is 0 Å². The standard InChI is InChI=1S/C49H71N17O9/c1-27(67)60-34(16-9-19-57-48(52)53)42(70)65-38-24-40(68)56-18-8-7-15-33(41(51)69)61-45(73)37(22-29-25-59-32-14-6-5-13-31(29)32)63-43(71)35(17-10-20-58-49(54)55)62-44(72)36(21-28-11-3-2-4-12-28)64-46(74)39-23-30(50)26-66(39)47(38)75/h2-6,11-14,25,30,33-39,59H,7-10,15-24,26,50H2,1H3,(H2,51,69)(H,56,68)(H,60,67)(H,61,73)(H,62,72)(H,63,71)(H,64,74)(H,65,70)(H4,52,53,57)(H4,54,55,58)/t30-,33+,34+,35+,36-,37+,38+,39+/m0/s1. The number of nitrogens with two attached hydrogens (primary N) is 6. The summed E-state index contributed by atoms with van der Waals surface area (Å²) in [6.07, 6.45) is 1.79. The molecule has 0 saturated carbocycles. The minimum Gasteiger partial charge on any atom is -0.370 e. The van der Waals surface area contributed by atoms with E-state index in [1.165, 1.54) is 6.92 Å². The van der Waals surface area contributed by atoms with Crippen LogP contribution < -0.4 is 71.6 Å². The Hall–Kier alpha value is -8.29. The molecule has 75 heavy (non-hydrogen) atoms. The number of nitrogens with zero attached hydrogens (tertiary/aromatic N) is 3. The molecule has 2 aromatic carbocycles. The lowest BCUT2D eigenvalue weighted by atomic mass is 10.0. The smallest absolute Gasteiger partial charge is 0.246 e. The molecule has 2 aliphatic heterocycles. The molecule has 0 radical (unpaired) electrons. The Morgan fingerprint density at radius 3 is 2.08 bits per heavy atom. The van der Waals surface area contributed by atoms with Gasteiger partial charge in [-0.3, -0.25) is 53.1 Å². The Labute approximate surface area is 433 Å². The summed E-state index contributed by atoms with van der Waals surface area (Å²) in [5.74, 6) is -7.30. The highest BCUT2D eigenvalue weighted by Crippen LogP contribution is 2.22. The Kier molecular flexibility index (Phi) is 21.7. The summed E-state index contributed by atoms with van der Waals surface area (Å²) in [6, 6.07) is 5.88. The maximum Gasteiger partial charge on any atom is 0.246 e. The normalized spacial score (nSPS) is 23.0. The molecule has 0 unspecified atom stereocenters. The van der Waals surface area contributed by atoms with Gasteiger partial charge in [0.25, 0.3) is 0 Å². The van der Waals surface area contributed by atoms with Crippen molar-refractivity contribution in [2.45, 2.75) is 126 Å². The molecule has 3 aromatic rings. The monoisotopic (exact) mass is 1040 g/mol. The summed E-state index contributed by atoms with van der Waals surface area (Å²) in [5.41, 5.74) is 36.3. The molecule has 26 nitrogen and oxygen atoms in total. The van der Waals surface area contributed by atoms with Crippen LogP contribution in [0.5, 0.6) is 0 Å². The largest absolute Gasteiger partial charge is 0.370 e. The van der Waals surface area contributed by atoms with Gasteiger partial charge in [-0.2, -0.15) is 0 Å². The number of primary amides is 1. The predicted molar refractivity (Wildman–Crippen MR) is 278 cm³/mol. The molecule has 5 rings (SSSR count). The van der Waals surface area contributed by atoms with Crippen molar-refractivity contribution < 1.29 is 43.2 Å². The zero-order valence-electron chi connectivity index (χ0n) is 42.0. The van der Waals surface area contributed by atoms with Crippen LogP contribution in [-0.4, -0.2) is 149 Å². The van der Waals surface area contributed by atoms with Gasteiger partial charge in [-0.05, 0) is 68.6 Å². The quantitative estimate of drug-likeness (QED) is 0.0371. The van der Waals surface area contributed by atoms with Crippen LogP contribution in [0.15, 0.2) is 70.8 Å². The highest BCUT2D eigenvalue weighted by molar-refractivity contribution is 5.99. The molecule has 9 amide bonds. The van der Waals surface area contributed by atoms with Gasteiger partial charge in [0.2, 0.25) is 53.2 Å². The number of benzene rings is 2. The molecule has 0 spiro atoms. The molecule has 3 heterocycles. The van der Waals surface area contributed by atoms with E-state index in [1.807, 2.05) is 24.3 Å². The lowest BCUT2D eigenvalue weighted by Gasteiger charge is -2.31. The molecule has 8 atom stereocenters. The number of aromatic nitrogens is 1. The second-order valence-electron chi connectivity index (χ2n) is 18.7. The van der Waals surface area contributed by atoms with Gasteiger partial charge in [0.15, 0.2) is 11.9 Å². The summed E-state index contributed by atoms with van der Waals surface area (Å²) < 4.78 is 0. The van der Waals surface area contributed by atoms with Crippen molar-refractivity contribution in [2.24, 2.45) is 44.4 Å². The minimum atomic E-state index is -1.60. The van der Waals surface area contributed by atoms with Crippen molar-refractivity contribution in [1.82, 2.24) is 47.1 Å². The highest BCUT2D eigenvalue weighted by atomic mass is 16.2. The van der Waals surface area contributed by atoms with Gasteiger partial charge in [0, 0.05) is 69.1 Å². The number of nitrogens with one attached hydrogen (secondary N) is 8. The van der Waals surface area contributed by atoms with E-state index >= 15 is 0 Å². The molecule has 20 N–H and O–H groups in total. The second-order valence-corrected chi connectivity index (χ2v) is 18.7. The van der Waals surface area contributed by atoms with E-state index in [2.05, 4.69) is 52.2 Å². The summed E-state index contributed by atoms with van der Waals surface area (Å²) in [7, 11) is 0. The zero-order chi connectivity index (χ0) is 54.6. The van der Waals surface area contributed by atoms with Crippen molar-refractivity contribution in [2.75, 3.05) is 26.2 Å². The maximum absolute atomic E-state index is 14.7. The van der Waals surface area contributed by atoms with Gasteiger partial charge < -0.3 is 81.5 Å². The molecule has 0 aliphatic carbocycles. The van der Waals surface area contributed by atoms with Crippen LogP contribution in [0.25, 0.3) is 10.9 Å². The van der Waals surface area contributed by atoms with E-state index in [-0.39, 0.29) is 102 Å². The first-order valence-corrected chi connectivity index (χ1v) is 24.9. The molecular weight excluding hydrogens is 971 g/mol. The molecule has 0 bridgehead atoms. The zero-order valence-corrected chi connectivity index (χ0v) is 42.0. The number of rotatable bonds is 16. The van der Waals surface area contributed by atoms with E-state index < -0.39 is 108 Å². The summed E-state index contributed by atoms with van der Waals surface area (Å²) in [6.45, 7) is 1.23. The van der Waals surface area contributed by atoms with E-state index in [9.17, 15) is 43.2 Å². The van der Waals surface area contributed by atoms with Crippen LogP contribution in [0.2, 0.25) is 0 Å². The molecule has 2 aliphatic rings. The molecule has 26 heteroatoms. The summed E-state index contributed by atoms with van der Waals surface area (Å²) in [4.78, 5) is 138. The van der Waals surface area contributed by atoms with Crippen molar-refractivity contribution in [3.8, 4) is 0 Å². The fraction of sp³-hybridized carbons (Fsp3) is 0.490. The minimum absolute atomic E-state index is 0.0273. The van der Waals surface area contributed by atoms with Crippen LogP contribution in [-0.2, 0) is 56.0 Å². The number of guanidine groups is 2. The molecule has 2 fully saturated rings. The van der Waals surface area contributed by atoms with Crippen molar-refractivity contribution in [3.63, 3.8) is 0 Å². The number of hydrogen-bond acceptors (Lipinski definition) is 12. The summed E-state index contributed by atoms with van der Waals surface area (Å²) >= 11 is 0. The first-order valence-electron chi connectivity index (χ1n) is 24.9. The topological polar surface area (TPSA) is 438 Å². The van der Waals surface area contributed by atoms with Crippen LogP contribution in [0.1, 0.15) is 75.8 Å². The van der Waals surface area contributed by atoms with Gasteiger partial charge in [-0.15, -0.1) is 0 Å². The second kappa shape index (κ2) is 28.2. The highest BCUT2D eigenvalue weighted by Gasteiger charge is 2.43. The number of aromatic amines is 1. The number of H-pyrrole nitrogens is 1. The van der Waals surface area contributed by atoms with E-state index in [0.29, 0.717) is 11.1 Å². The Morgan fingerprint density at radius 2 is 1.39 bits per heavy atom. The molecular formula is C49H71N17O9. The van der Waals surface area contributed by atoms with Gasteiger partial charge in [-0.1, -0.05) is 48.5 Å². The molecule has 406 valence electrons. The number of para-hydroxylation sites is 1. The Morgan fingerprint density at radius 1 is 0.760 bits per heavy atom. The number of fused-ring (bicyclic) bond motifs is 2. The third-order valence-corrected chi connectivity index (χ3v) is 12.7. The molecule has 1 aromatic heterocycles. The number of hydrogen-bond donors (Lipinski definition) is 14. The third-order valence-electron chi connectivity index (χ3n) is 12.7.